The molecule has 1 atom stereocenters. The summed E-state index contributed by atoms with van der Waals surface area (Å²) >= 11 is 0. The maximum atomic E-state index is 11.0. The average Bonchev–Trinajstić information content (AvgIpc) is 2.74. The molecule has 0 bridgehead atoms. The highest BCUT2D eigenvalue weighted by Crippen LogP contribution is 2.18. The second kappa shape index (κ2) is 17.3. The van der Waals surface area contributed by atoms with Gasteiger partial charge in [-0.1, -0.05) is 74.4 Å². The van der Waals surface area contributed by atoms with Crippen molar-refractivity contribution >= 4 is 6.29 Å². The van der Waals surface area contributed by atoms with E-state index in [0.29, 0.717) is 18.8 Å². The van der Waals surface area contributed by atoms with Gasteiger partial charge in [0.05, 0.1) is 0 Å². The van der Waals surface area contributed by atoms with Crippen LogP contribution in [0.2, 0.25) is 0 Å². The molecule has 0 saturated heterocycles. The van der Waals surface area contributed by atoms with Crippen molar-refractivity contribution in [3.8, 4) is 0 Å². The van der Waals surface area contributed by atoms with Crippen molar-refractivity contribution in [3.63, 3.8) is 0 Å². The van der Waals surface area contributed by atoms with Gasteiger partial charge in [-0.2, -0.15) is 0 Å². The van der Waals surface area contributed by atoms with Crippen LogP contribution in [-0.4, -0.2) is 32.8 Å². The lowest BCUT2D eigenvalue weighted by Gasteiger charge is -2.11. The van der Waals surface area contributed by atoms with E-state index in [4.69, 9.17) is 0 Å². The lowest BCUT2D eigenvalue weighted by Crippen LogP contribution is -2.59. The fourth-order valence-electron chi connectivity index (χ4n) is 2.59. The van der Waals surface area contributed by atoms with Crippen LogP contribution in [0.3, 0.4) is 0 Å². The van der Waals surface area contributed by atoms with E-state index >= 15 is 0 Å². The van der Waals surface area contributed by atoms with E-state index in [1.165, 1.54) is 25.3 Å². The summed E-state index contributed by atoms with van der Waals surface area (Å²) in [6.07, 6.45) is 25.7. The third-order valence-electron chi connectivity index (χ3n) is 4.39. The third kappa shape index (κ3) is 10.6. The Hall–Kier alpha value is -3.43. The van der Waals surface area contributed by atoms with Crippen molar-refractivity contribution in [2.75, 3.05) is 0 Å². The van der Waals surface area contributed by atoms with Crippen molar-refractivity contribution < 1.29 is 19.6 Å². The molecule has 0 spiro atoms. The molecule has 0 aromatic carbocycles. The molecular formula is C22H30N3O7. The van der Waals surface area contributed by atoms with Crippen LogP contribution in [0.25, 0.3) is 0 Å². The van der Waals surface area contributed by atoms with Gasteiger partial charge in [0.1, 0.15) is 9.85 Å². The van der Waals surface area contributed by atoms with Crippen molar-refractivity contribution in [1.82, 2.24) is 0 Å². The van der Waals surface area contributed by atoms with Crippen LogP contribution in [0.15, 0.2) is 60.8 Å². The van der Waals surface area contributed by atoms with Crippen LogP contribution < -0.4 is 0 Å². The highest BCUT2D eigenvalue weighted by molar-refractivity contribution is 5.62. The summed E-state index contributed by atoms with van der Waals surface area (Å²) < 4.78 is 0. The predicted molar refractivity (Wildman–Crippen MR) is 122 cm³/mol. The van der Waals surface area contributed by atoms with E-state index in [9.17, 15) is 35.1 Å². The van der Waals surface area contributed by atoms with E-state index in [2.05, 4.69) is 31.2 Å². The number of rotatable bonds is 18. The number of hydrogen-bond acceptors (Lipinski definition) is 7. The molecule has 1 unspecified atom stereocenters. The molecule has 0 aromatic heterocycles. The Morgan fingerprint density at radius 3 is 1.56 bits per heavy atom. The van der Waals surface area contributed by atoms with Gasteiger partial charge in [0.25, 0.3) is 0 Å². The zero-order chi connectivity index (χ0) is 24.2. The zero-order valence-corrected chi connectivity index (χ0v) is 18.2. The smallest absolute Gasteiger partial charge is 0.273 e. The quantitative estimate of drug-likeness (QED) is 0.0951. The van der Waals surface area contributed by atoms with E-state index in [1.54, 1.807) is 12.2 Å². The van der Waals surface area contributed by atoms with Crippen LogP contribution in [0, 0.1) is 30.3 Å². The second-order valence-corrected chi connectivity index (χ2v) is 6.82. The maximum absolute atomic E-state index is 11.0. The Balaban J connectivity index is 4.40. The third-order valence-corrected chi connectivity index (χ3v) is 4.39. The van der Waals surface area contributed by atoms with E-state index in [1.807, 2.05) is 12.2 Å². The van der Waals surface area contributed by atoms with Gasteiger partial charge in [-0.15, -0.1) is 0 Å². The Bertz CT molecular complexity index is 741. The fourth-order valence-corrected chi connectivity index (χ4v) is 2.59. The first-order chi connectivity index (χ1) is 15.3. The Kier molecular flexibility index (Phi) is 15.4. The molecular weight excluding hydrogens is 418 g/mol. The average molecular weight is 448 g/mol. The van der Waals surface area contributed by atoms with Crippen LogP contribution in [0.1, 0.15) is 58.3 Å². The van der Waals surface area contributed by atoms with Gasteiger partial charge < -0.3 is 0 Å². The van der Waals surface area contributed by atoms with Crippen molar-refractivity contribution in [2.45, 2.75) is 70.0 Å². The number of unbranched alkanes of at least 4 members (excludes halogenated alkanes) is 3. The van der Waals surface area contributed by atoms with E-state index < -0.39 is 26.5 Å². The molecule has 0 aliphatic heterocycles. The summed E-state index contributed by atoms with van der Waals surface area (Å²) in [5.74, 6) is 0. The Labute approximate surface area is 187 Å². The summed E-state index contributed by atoms with van der Waals surface area (Å²) in [7, 11) is 0. The van der Waals surface area contributed by atoms with Crippen molar-refractivity contribution in [3.05, 3.63) is 91.1 Å². The lowest BCUT2D eigenvalue weighted by atomic mass is 10.0. The van der Waals surface area contributed by atoms with Gasteiger partial charge in [-0.05, 0) is 38.5 Å². The number of allylic oxidation sites excluding steroid dienone is 9. The minimum Gasteiger partial charge on any atom is -0.273 e. The second-order valence-electron chi connectivity index (χ2n) is 6.82. The first kappa shape index (κ1) is 28.6. The summed E-state index contributed by atoms with van der Waals surface area (Å²) in [6.45, 7) is 2.18. The van der Waals surface area contributed by atoms with Gasteiger partial charge in [0, 0.05) is 11.0 Å². The molecule has 10 nitrogen and oxygen atoms in total. The first-order valence-corrected chi connectivity index (χ1v) is 10.4. The predicted octanol–water partition coefficient (Wildman–Crippen LogP) is 4.91. The molecule has 10 heteroatoms. The SMILES string of the molecule is CCCCC/C=C/C/C=C/C/C=C/C/C=C/C/C=C/C([N+](=O)[O-])C([C]=O)([N+](=O)[O-])[N+](=O)[O-]. The van der Waals surface area contributed by atoms with Crippen molar-refractivity contribution in [2.24, 2.45) is 0 Å². The highest BCUT2D eigenvalue weighted by atomic mass is 16.7. The monoisotopic (exact) mass is 448 g/mol. The molecule has 32 heavy (non-hydrogen) atoms. The molecule has 0 amide bonds. The molecule has 0 heterocycles. The van der Waals surface area contributed by atoms with E-state index in [-0.39, 0.29) is 6.42 Å². The molecule has 0 saturated carbocycles. The molecule has 0 aromatic rings. The normalized spacial score (nSPS) is 13.7. The Morgan fingerprint density at radius 2 is 1.19 bits per heavy atom. The molecule has 0 rings (SSSR count). The van der Waals surface area contributed by atoms with Crippen molar-refractivity contribution in [1.29, 1.82) is 0 Å². The minimum absolute atomic E-state index is 0.160. The van der Waals surface area contributed by atoms with Crippen LogP contribution in [0.4, 0.5) is 0 Å². The highest BCUT2D eigenvalue weighted by Gasteiger charge is 2.71. The maximum Gasteiger partial charge on any atom is 0.592 e. The molecule has 0 N–H and O–H groups in total. The topological polar surface area (TPSA) is 146 Å². The summed E-state index contributed by atoms with van der Waals surface area (Å²) in [5, 5.41) is 33.0. The first-order valence-electron chi connectivity index (χ1n) is 10.4. The standard InChI is InChI=1S/C22H30N3O7/c1-2-3-4-5-6-7-8-9-10-11-12-13-14-15-16-17-18-19-21(23(27)28)22(20-26,24(29)30)25(31)32/h6-7,9-10,12-13,15-16,18-19,21H,2-5,8,11,14,17H2,1H3/b7-6+,10-9+,13-12+,16-15+,19-18+. The molecule has 0 aliphatic rings. The number of hydrogen-bond donors (Lipinski definition) is 0. The van der Waals surface area contributed by atoms with Crippen LogP contribution >= 0.6 is 0 Å². The van der Waals surface area contributed by atoms with Gasteiger partial charge in [-0.25, -0.2) is 0 Å². The minimum atomic E-state index is -3.68. The van der Waals surface area contributed by atoms with Gasteiger partial charge in [0.2, 0.25) is 0 Å². The molecule has 0 fully saturated rings. The number of nitro groups is 3. The summed E-state index contributed by atoms with van der Waals surface area (Å²) in [5.41, 5.74) is -3.68. The number of nitrogens with zero attached hydrogens (tertiary/aromatic N) is 3. The van der Waals surface area contributed by atoms with Gasteiger partial charge in [0.15, 0.2) is 0 Å². The van der Waals surface area contributed by atoms with Gasteiger partial charge in [-0.3, -0.25) is 35.1 Å². The largest absolute Gasteiger partial charge is 0.592 e. The lowest BCUT2D eigenvalue weighted by molar-refractivity contribution is -0.806. The fraction of sp³-hybridized carbons (Fsp3) is 0.500. The van der Waals surface area contributed by atoms with Gasteiger partial charge >= 0.3 is 18.0 Å². The van der Waals surface area contributed by atoms with Crippen LogP contribution in [-0.2, 0) is 4.79 Å². The summed E-state index contributed by atoms with van der Waals surface area (Å²) in [6, 6.07) is -2.46. The number of carbonyl (C=O) groups excluding carboxylic acids is 1. The van der Waals surface area contributed by atoms with E-state index in [0.717, 1.165) is 19.3 Å². The zero-order valence-electron chi connectivity index (χ0n) is 18.2. The molecule has 1 radical (unpaired) electrons. The molecule has 0 aliphatic carbocycles. The summed E-state index contributed by atoms with van der Waals surface area (Å²) in [4.78, 5) is 39.4. The molecule has 175 valence electrons. The van der Waals surface area contributed by atoms with Crippen LogP contribution in [0.5, 0.6) is 0 Å². The Morgan fingerprint density at radius 1 is 0.750 bits per heavy atom.